The van der Waals surface area contributed by atoms with Crippen LogP contribution < -0.4 is 4.74 Å². The number of nitrogens with zero attached hydrogens (tertiary/aromatic N) is 1. The summed E-state index contributed by atoms with van der Waals surface area (Å²) in [6.45, 7) is 0. The minimum absolute atomic E-state index is 0.0409. The highest BCUT2D eigenvalue weighted by Crippen LogP contribution is 2.35. The molecule has 17 heavy (non-hydrogen) atoms. The van der Waals surface area contributed by atoms with Crippen molar-refractivity contribution in [2.75, 3.05) is 0 Å². The topological polar surface area (TPSA) is 22.1 Å². The fourth-order valence-electron chi connectivity index (χ4n) is 0.981. The van der Waals surface area contributed by atoms with E-state index < -0.39 is 24.2 Å². The number of hydrogen-bond donors (Lipinski definition) is 0. The Kier molecular flexibility index (Phi) is 4.70. The van der Waals surface area contributed by atoms with Crippen LogP contribution in [0.2, 0.25) is 0 Å². The first kappa shape index (κ1) is 14.6. The van der Waals surface area contributed by atoms with Crippen LogP contribution in [0.15, 0.2) is 10.7 Å². The number of rotatable bonds is 3. The van der Waals surface area contributed by atoms with Gasteiger partial charge in [-0.25, -0.2) is 13.8 Å². The fraction of sp³-hybridized carbons (Fsp3) is 0.375. The predicted octanol–water partition coefficient (Wildman–Crippen LogP) is 4.58. The third kappa shape index (κ3) is 4.06. The lowest BCUT2D eigenvalue weighted by molar-refractivity contribution is -0.275. The molecule has 96 valence electrons. The molecule has 1 aromatic rings. The van der Waals surface area contributed by atoms with Crippen molar-refractivity contribution in [3.05, 3.63) is 21.9 Å². The van der Waals surface area contributed by atoms with Gasteiger partial charge in [0.05, 0.1) is 0 Å². The van der Waals surface area contributed by atoms with Crippen LogP contribution in [0.25, 0.3) is 0 Å². The van der Waals surface area contributed by atoms with Crippen molar-refractivity contribution in [1.82, 2.24) is 4.98 Å². The van der Waals surface area contributed by atoms with Crippen molar-refractivity contribution >= 4 is 31.9 Å². The second-order valence-corrected chi connectivity index (χ2v) is 4.12. The summed E-state index contributed by atoms with van der Waals surface area (Å²) in [5.41, 5.74) is -0.785. The van der Waals surface area contributed by atoms with Gasteiger partial charge in [-0.2, -0.15) is 0 Å². The lowest BCUT2D eigenvalue weighted by atomic mass is 10.2. The molecular formula is C8H4Br2F5NO. The van der Waals surface area contributed by atoms with E-state index in [2.05, 4.69) is 41.6 Å². The minimum Gasteiger partial charge on any atom is -0.404 e. The zero-order chi connectivity index (χ0) is 13.2. The molecule has 9 heteroatoms. The normalized spacial score (nSPS) is 12.0. The largest absolute Gasteiger partial charge is 0.573 e. The monoisotopic (exact) mass is 383 g/mol. The molecule has 0 aliphatic rings. The molecule has 0 bridgehead atoms. The third-order valence-corrected chi connectivity index (χ3v) is 2.91. The minimum atomic E-state index is -5.04. The maximum Gasteiger partial charge on any atom is 0.573 e. The van der Waals surface area contributed by atoms with E-state index in [0.29, 0.717) is 0 Å². The molecule has 0 aliphatic heterocycles. The van der Waals surface area contributed by atoms with E-state index in [-0.39, 0.29) is 15.5 Å². The number of pyridine rings is 1. The van der Waals surface area contributed by atoms with Crippen molar-refractivity contribution in [2.45, 2.75) is 18.1 Å². The smallest absolute Gasteiger partial charge is 0.404 e. The average Bonchev–Trinajstić information content (AvgIpc) is 2.17. The van der Waals surface area contributed by atoms with Gasteiger partial charge in [0.1, 0.15) is 10.3 Å². The SMILES string of the molecule is FC(F)c1nc(Br)c(CBr)cc1OC(F)(F)F. The Morgan fingerprint density at radius 3 is 2.35 bits per heavy atom. The van der Waals surface area contributed by atoms with E-state index in [1.165, 1.54) is 0 Å². The van der Waals surface area contributed by atoms with Crippen molar-refractivity contribution in [2.24, 2.45) is 0 Å². The number of aromatic nitrogens is 1. The molecule has 0 saturated heterocycles. The first-order valence-electron chi connectivity index (χ1n) is 4.03. The summed E-state index contributed by atoms with van der Waals surface area (Å²) in [4.78, 5) is 3.34. The number of alkyl halides is 6. The molecule has 0 unspecified atom stereocenters. The van der Waals surface area contributed by atoms with E-state index >= 15 is 0 Å². The van der Waals surface area contributed by atoms with Gasteiger partial charge in [0, 0.05) is 5.33 Å². The predicted molar refractivity (Wildman–Crippen MR) is 56.2 cm³/mol. The molecule has 0 N–H and O–H groups in total. The molecule has 1 heterocycles. The summed E-state index contributed by atoms with van der Waals surface area (Å²) in [7, 11) is 0. The molecular weight excluding hydrogens is 381 g/mol. The van der Waals surface area contributed by atoms with Gasteiger partial charge >= 0.3 is 6.36 Å². The van der Waals surface area contributed by atoms with Crippen molar-refractivity contribution in [3.8, 4) is 5.75 Å². The Balaban J connectivity index is 3.24. The van der Waals surface area contributed by atoms with E-state index in [1.807, 2.05) is 0 Å². The maximum atomic E-state index is 12.5. The molecule has 0 saturated carbocycles. The zero-order valence-corrected chi connectivity index (χ0v) is 11.0. The zero-order valence-electron chi connectivity index (χ0n) is 7.86. The Morgan fingerprint density at radius 1 is 1.35 bits per heavy atom. The van der Waals surface area contributed by atoms with Crippen molar-refractivity contribution < 1.29 is 26.7 Å². The fourth-order valence-corrected chi connectivity index (χ4v) is 2.23. The highest BCUT2D eigenvalue weighted by molar-refractivity contribution is 9.10. The quantitative estimate of drug-likeness (QED) is 0.432. The Morgan fingerprint density at radius 2 is 1.94 bits per heavy atom. The number of hydrogen-bond acceptors (Lipinski definition) is 2. The van der Waals surface area contributed by atoms with Gasteiger partial charge in [0.25, 0.3) is 6.43 Å². The molecule has 0 spiro atoms. The van der Waals surface area contributed by atoms with Crippen LogP contribution in [0.1, 0.15) is 17.7 Å². The molecule has 1 rings (SSSR count). The van der Waals surface area contributed by atoms with Crippen molar-refractivity contribution in [1.29, 1.82) is 0 Å². The van der Waals surface area contributed by atoms with Crippen LogP contribution in [0.4, 0.5) is 22.0 Å². The van der Waals surface area contributed by atoms with E-state index in [9.17, 15) is 22.0 Å². The van der Waals surface area contributed by atoms with E-state index in [4.69, 9.17) is 0 Å². The lowest BCUT2D eigenvalue weighted by Crippen LogP contribution is -2.19. The highest BCUT2D eigenvalue weighted by atomic mass is 79.9. The second-order valence-electron chi connectivity index (χ2n) is 2.80. The van der Waals surface area contributed by atoms with Gasteiger partial charge < -0.3 is 4.74 Å². The van der Waals surface area contributed by atoms with Crippen LogP contribution in [-0.4, -0.2) is 11.3 Å². The van der Waals surface area contributed by atoms with E-state index in [1.54, 1.807) is 0 Å². The molecule has 2 nitrogen and oxygen atoms in total. The molecule has 1 aromatic heterocycles. The van der Waals surface area contributed by atoms with Gasteiger partial charge in [-0.15, -0.1) is 13.2 Å². The second kappa shape index (κ2) is 5.47. The first-order chi connectivity index (χ1) is 7.74. The summed E-state index contributed by atoms with van der Waals surface area (Å²) in [5.74, 6) is -0.995. The summed E-state index contributed by atoms with van der Waals surface area (Å²) in [6.07, 6.45) is -8.20. The van der Waals surface area contributed by atoms with Gasteiger partial charge in [0.2, 0.25) is 0 Å². The molecule has 0 fully saturated rings. The Labute approximate surface area is 109 Å². The van der Waals surface area contributed by atoms with Gasteiger partial charge in [-0.05, 0) is 27.6 Å². The van der Waals surface area contributed by atoms with Gasteiger partial charge in [-0.1, -0.05) is 15.9 Å². The van der Waals surface area contributed by atoms with E-state index in [0.717, 1.165) is 6.07 Å². The summed E-state index contributed by atoms with van der Waals surface area (Å²) in [5, 5.41) is 0.151. The van der Waals surface area contributed by atoms with Crippen LogP contribution in [0, 0.1) is 0 Å². The standard InChI is InChI=1S/C8H4Br2F5NO/c9-2-3-1-4(17-8(13,14)15)5(7(11)12)16-6(3)10/h1,7H,2H2. The first-order valence-corrected chi connectivity index (χ1v) is 5.95. The summed E-state index contributed by atoms with van der Waals surface area (Å²) < 4.78 is 64.5. The van der Waals surface area contributed by atoms with Crippen LogP contribution in [0.5, 0.6) is 5.75 Å². The Bertz CT molecular complexity index is 410. The van der Waals surface area contributed by atoms with Crippen molar-refractivity contribution in [3.63, 3.8) is 0 Å². The van der Waals surface area contributed by atoms with Crippen LogP contribution >= 0.6 is 31.9 Å². The van der Waals surface area contributed by atoms with Gasteiger partial charge in [0.15, 0.2) is 5.75 Å². The maximum absolute atomic E-state index is 12.5. The number of halogens is 7. The van der Waals surface area contributed by atoms with Crippen LogP contribution in [0.3, 0.4) is 0 Å². The summed E-state index contributed by atoms with van der Waals surface area (Å²) >= 11 is 5.87. The molecule has 0 atom stereocenters. The lowest BCUT2D eigenvalue weighted by Gasteiger charge is -2.14. The Hall–Kier alpha value is -0.440. The summed E-state index contributed by atoms with van der Waals surface area (Å²) in [6, 6.07) is 0.862. The van der Waals surface area contributed by atoms with Crippen LogP contribution in [-0.2, 0) is 5.33 Å². The van der Waals surface area contributed by atoms with Gasteiger partial charge in [-0.3, -0.25) is 0 Å². The average molecular weight is 385 g/mol. The third-order valence-electron chi connectivity index (χ3n) is 1.62. The molecule has 0 aliphatic carbocycles. The molecule has 0 aromatic carbocycles. The molecule has 0 amide bonds. The number of ether oxygens (including phenoxy) is 1. The molecule has 0 radical (unpaired) electrons. The highest BCUT2D eigenvalue weighted by Gasteiger charge is 2.34.